The smallest absolute Gasteiger partial charge is 0.255 e. The molecule has 0 bridgehead atoms. The molecule has 2 aliphatic carbocycles. The van der Waals surface area contributed by atoms with Gasteiger partial charge in [0, 0.05) is 18.3 Å². The standard InChI is InChI=1S/C21H25F2N7O2.C4H8/c1-21(2,32)17(23)11-26-19(31)15-10-25-18(30-20-27-8-12(7-24)9-28-20)6-16(15)29-14-4-3-13(22)5-14;1-2-4-3-1/h6,8-10,13-14,17,32H,3-5,11H2,1-2H3,(H,26,31)(H2,25,27,28,29,30);1-4H2/t13?,14?,17-;/m1./s1. The van der Waals surface area contributed by atoms with Crippen molar-refractivity contribution in [2.24, 2.45) is 0 Å². The number of halogens is 2. The van der Waals surface area contributed by atoms with Crippen LogP contribution in [0.25, 0.3) is 0 Å². The Bertz CT molecular complexity index is 1050. The highest BCUT2D eigenvalue weighted by Gasteiger charge is 2.28. The fourth-order valence-electron chi connectivity index (χ4n) is 3.44. The zero-order valence-electron chi connectivity index (χ0n) is 20.6. The fourth-order valence-corrected chi connectivity index (χ4v) is 3.44. The van der Waals surface area contributed by atoms with Gasteiger partial charge < -0.3 is 21.1 Å². The van der Waals surface area contributed by atoms with E-state index in [0.717, 1.165) is 0 Å². The van der Waals surface area contributed by atoms with Gasteiger partial charge >= 0.3 is 0 Å². The highest BCUT2D eigenvalue weighted by atomic mass is 19.1. The van der Waals surface area contributed by atoms with Crippen LogP contribution in [0.4, 0.5) is 26.2 Å². The second-order valence-electron chi connectivity index (χ2n) is 9.64. The van der Waals surface area contributed by atoms with Crippen LogP contribution < -0.4 is 16.0 Å². The maximum absolute atomic E-state index is 14.0. The molecule has 3 atom stereocenters. The molecular weight excluding hydrogens is 468 g/mol. The highest BCUT2D eigenvalue weighted by molar-refractivity contribution is 5.99. The molecule has 2 aromatic rings. The average molecular weight is 502 g/mol. The van der Waals surface area contributed by atoms with Crippen molar-refractivity contribution >= 4 is 23.4 Å². The molecule has 4 N–H and O–H groups in total. The van der Waals surface area contributed by atoms with E-state index in [2.05, 4.69) is 30.9 Å². The molecule has 0 aromatic carbocycles. The number of carbonyl (C=O) groups is 1. The summed E-state index contributed by atoms with van der Waals surface area (Å²) in [6.07, 6.45) is 8.81. The normalized spacial score (nSPS) is 19.7. The summed E-state index contributed by atoms with van der Waals surface area (Å²) in [6, 6.07) is 3.32. The van der Waals surface area contributed by atoms with Crippen molar-refractivity contribution < 1.29 is 18.7 Å². The Kier molecular flexibility index (Phi) is 9.47. The number of pyridine rings is 1. The Morgan fingerprint density at radius 3 is 2.39 bits per heavy atom. The SMILES string of the molecule is C1CCC1.CC(C)(O)[C@H](F)CNC(=O)c1cnc(Nc2ncc(C#N)cn2)cc1NC1CCC(F)C1. The minimum Gasteiger partial charge on any atom is -0.387 e. The Labute approximate surface area is 209 Å². The van der Waals surface area contributed by atoms with Gasteiger partial charge in [0.25, 0.3) is 5.91 Å². The molecule has 0 aliphatic heterocycles. The second kappa shape index (κ2) is 12.5. The van der Waals surface area contributed by atoms with Gasteiger partial charge in [0.05, 0.1) is 41.4 Å². The molecule has 2 fully saturated rings. The van der Waals surface area contributed by atoms with E-state index in [1.807, 2.05) is 6.07 Å². The van der Waals surface area contributed by atoms with Gasteiger partial charge in [0.1, 0.15) is 24.2 Å². The van der Waals surface area contributed by atoms with E-state index in [9.17, 15) is 18.7 Å². The zero-order chi connectivity index (χ0) is 26.1. The first-order valence-electron chi connectivity index (χ1n) is 12.2. The molecule has 2 aromatic heterocycles. The number of aliphatic hydroxyl groups is 1. The lowest BCUT2D eigenvalue weighted by atomic mass is 10.0. The molecule has 1 amide bonds. The lowest BCUT2D eigenvalue weighted by molar-refractivity contribution is -0.00177. The summed E-state index contributed by atoms with van der Waals surface area (Å²) < 4.78 is 27.7. The van der Waals surface area contributed by atoms with Crippen molar-refractivity contribution in [3.05, 3.63) is 35.8 Å². The molecule has 0 spiro atoms. The molecule has 4 rings (SSSR count). The van der Waals surface area contributed by atoms with Gasteiger partial charge in [-0.1, -0.05) is 25.7 Å². The van der Waals surface area contributed by atoms with Gasteiger partial charge in [0.2, 0.25) is 5.95 Å². The average Bonchev–Trinajstić information content (AvgIpc) is 3.20. The third kappa shape index (κ3) is 8.09. The molecule has 2 unspecified atom stereocenters. The maximum atomic E-state index is 14.0. The lowest BCUT2D eigenvalue weighted by Crippen LogP contribution is -2.42. The molecule has 9 nitrogen and oxygen atoms in total. The van der Waals surface area contributed by atoms with Crippen LogP contribution in [0.3, 0.4) is 0 Å². The predicted octanol–water partition coefficient (Wildman–Crippen LogP) is 4.19. The summed E-state index contributed by atoms with van der Waals surface area (Å²) in [5.41, 5.74) is -0.744. The fraction of sp³-hybridized carbons (Fsp3) is 0.560. The van der Waals surface area contributed by atoms with Crippen LogP contribution in [0.5, 0.6) is 0 Å². The van der Waals surface area contributed by atoms with E-state index in [1.165, 1.54) is 58.1 Å². The monoisotopic (exact) mass is 501 g/mol. The van der Waals surface area contributed by atoms with E-state index in [-0.39, 0.29) is 24.1 Å². The quantitative estimate of drug-likeness (QED) is 0.423. The van der Waals surface area contributed by atoms with Crippen LogP contribution >= 0.6 is 0 Å². The van der Waals surface area contributed by atoms with Crippen LogP contribution in [0.2, 0.25) is 0 Å². The number of nitriles is 1. The Morgan fingerprint density at radius 2 is 1.86 bits per heavy atom. The summed E-state index contributed by atoms with van der Waals surface area (Å²) in [5, 5.41) is 27.1. The second-order valence-corrected chi connectivity index (χ2v) is 9.64. The molecule has 36 heavy (non-hydrogen) atoms. The number of carbonyl (C=O) groups excluding carboxylic acids is 1. The van der Waals surface area contributed by atoms with E-state index in [0.29, 0.717) is 36.3 Å². The van der Waals surface area contributed by atoms with E-state index in [1.54, 1.807) is 6.07 Å². The summed E-state index contributed by atoms with van der Waals surface area (Å²) >= 11 is 0. The summed E-state index contributed by atoms with van der Waals surface area (Å²) in [6.45, 7) is 2.26. The van der Waals surface area contributed by atoms with Crippen molar-refractivity contribution in [3.8, 4) is 6.07 Å². The predicted molar refractivity (Wildman–Crippen MR) is 132 cm³/mol. The topological polar surface area (TPSA) is 136 Å². The first-order valence-corrected chi connectivity index (χ1v) is 12.2. The maximum Gasteiger partial charge on any atom is 0.255 e. The van der Waals surface area contributed by atoms with Gasteiger partial charge in [-0.25, -0.2) is 23.7 Å². The van der Waals surface area contributed by atoms with Gasteiger partial charge in [0.15, 0.2) is 0 Å². The van der Waals surface area contributed by atoms with Gasteiger partial charge in [-0.05, 0) is 33.1 Å². The van der Waals surface area contributed by atoms with Crippen LogP contribution in [-0.2, 0) is 0 Å². The van der Waals surface area contributed by atoms with Crippen molar-refractivity contribution in [1.29, 1.82) is 5.26 Å². The Balaban J connectivity index is 0.000000819. The first kappa shape index (κ1) is 27.2. The minimum atomic E-state index is -1.66. The number of hydrogen-bond donors (Lipinski definition) is 4. The lowest BCUT2D eigenvalue weighted by Gasteiger charge is -2.23. The number of alkyl halides is 2. The van der Waals surface area contributed by atoms with Gasteiger partial charge in [-0.2, -0.15) is 5.26 Å². The van der Waals surface area contributed by atoms with Crippen LogP contribution in [0, 0.1) is 11.3 Å². The van der Waals surface area contributed by atoms with Crippen molar-refractivity contribution in [2.45, 2.75) is 82.8 Å². The molecule has 194 valence electrons. The van der Waals surface area contributed by atoms with Crippen LogP contribution in [0.15, 0.2) is 24.7 Å². The Hall–Kier alpha value is -3.39. The van der Waals surface area contributed by atoms with Crippen molar-refractivity contribution in [3.63, 3.8) is 0 Å². The summed E-state index contributed by atoms with van der Waals surface area (Å²) in [7, 11) is 0. The summed E-state index contributed by atoms with van der Waals surface area (Å²) in [4.78, 5) is 24.9. The minimum absolute atomic E-state index is 0.154. The number of rotatable bonds is 8. The molecule has 2 heterocycles. The molecule has 11 heteroatoms. The molecule has 0 saturated heterocycles. The number of aromatic nitrogens is 3. The number of nitrogens with one attached hydrogen (secondary N) is 3. The number of amides is 1. The van der Waals surface area contributed by atoms with Crippen molar-refractivity contribution in [2.75, 3.05) is 17.2 Å². The number of nitrogens with zero attached hydrogens (tertiary/aromatic N) is 4. The van der Waals surface area contributed by atoms with E-state index in [4.69, 9.17) is 5.26 Å². The van der Waals surface area contributed by atoms with Gasteiger partial charge in [-0.3, -0.25) is 4.79 Å². The summed E-state index contributed by atoms with van der Waals surface area (Å²) in [5.74, 6) is -0.0546. The molecule has 2 aliphatic rings. The molecular formula is C25H33F2N7O2. The third-order valence-electron chi connectivity index (χ3n) is 6.11. The molecule has 2 saturated carbocycles. The zero-order valence-corrected chi connectivity index (χ0v) is 20.6. The highest BCUT2D eigenvalue weighted by Crippen LogP contribution is 2.28. The molecule has 0 radical (unpaired) electrons. The first-order chi connectivity index (χ1) is 17.2. The Morgan fingerprint density at radius 1 is 1.19 bits per heavy atom. The number of anilines is 3. The van der Waals surface area contributed by atoms with E-state index < -0.39 is 23.9 Å². The van der Waals surface area contributed by atoms with Gasteiger partial charge in [-0.15, -0.1) is 0 Å². The van der Waals surface area contributed by atoms with Crippen LogP contribution in [-0.4, -0.2) is 56.5 Å². The third-order valence-corrected chi connectivity index (χ3v) is 6.11. The van der Waals surface area contributed by atoms with Crippen molar-refractivity contribution in [1.82, 2.24) is 20.3 Å². The largest absolute Gasteiger partial charge is 0.387 e. The van der Waals surface area contributed by atoms with E-state index >= 15 is 0 Å². The number of hydrogen-bond acceptors (Lipinski definition) is 8. The van der Waals surface area contributed by atoms with Crippen LogP contribution in [0.1, 0.15) is 74.7 Å².